The molecule has 2 aliphatic heterocycles. The Kier molecular flexibility index (Phi) is 5.95. The summed E-state index contributed by atoms with van der Waals surface area (Å²) in [4.78, 5) is 21.4. The zero-order chi connectivity index (χ0) is 16.3. The van der Waals surface area contributed by atoms with E-state index in [0.29, 0.717) is 26.1 Å². The Morgan fingerprint density at radius 3 is 1.90 bits per heavy atom. The quantitative estimate of drug-likeness (QED) is 0.615. The number of esters is 2. The van der Waals surface area contributed by atoms with E-state index in [2.05, 4.69) is 38.6 Å². The van der Waals surface area contributed by atoms with Crippen LogP contribution in [0.3, 0.4) is 0 Å². The fourth-order valence-electron chi connectivity index (χ4n) is 1.60. The van der Waals surface area contributed by atoms with E-state index in [-0.39, 0.29) is 17.1 Å². The van der Waals surface area contributed by atoms with Gasteiger partial charge in [0.05, 0.1) is 13.2 Å². The zero-order valence-corrected chi connectivity index (χ0v) is 14.5. The summed E-state index contributed by atoms with van der Waals surface area (Å²) in [7, 11) is -1.81. The average molecular weight is 318 g/mol. The molecule has 2 saturated heterocycles. The Hall–Kier alpha value is -0.923. The van der Waals surface area contributed by atoms with Crippen molar-refractivity contribution >= 4 is 20.3 Å². The molecular formula is C14H26O6Si. The number of hydrogen-bond acceptors (Lipinski definition) is 6. The van der Waals surface area contributed by atoms with Crippen molar-refractivity contribution < 1.29 is 28.6 Å². The van der Waals surface area contributed by atoms with Gasteiger partial charge in [-0.3, -0.25) is 0 Å². The maximum atomic E-state index is 11.3. The number of rotatable bonds is 2. The van der Waals surface area contributed by atoms with Crippen LogP contribution in [0.5, 0.6) is 0 Å². The highest BCUT2D eigenvalue weighted by molar-refractivity contribution is 6.74. The van der Waals surface area contributed by atoms with E-state index in [1.54, 1.807) is 0 Å². The third-order valence-corrected chi connectivity index (χ3v) is 8.52. The molecule has 1 N–H and O–H groups in total. The summed E-state index contributed by atoms with van der Waals surface area (Å²) in [6, 6.07) is 0. The Morgan fingerprint density at radius 1 is 1.10 bits per heavy atom. The number of carbonyl (C=O) groups is 2. The number of cyclic esters (lactones) is 2. The molecule has 7 heteroatoms. The molecule has 6 nitrogen and oxygen atoms in total. The highest BCUT2D eigenvalue weighted by atomic mass is 28.4. The van der Waals surface area contributed by atoms with Gasteiger partial charge in [0.2, 0.25) is 0 Å². The molecule has 2 aliphatic rings. The number of hydrogen-bond donors (Lipinski definition) is 1. The second kappa shape index (κ2) is 6.89. The molecule has 2 atom stereocenters. The molecule has 0 amide bonds. The maximum Gasteiger partial charge on any atom is 0.335 e. The molecule has 0 radical (unpaired) electrons. The van der Waals surface area contributed by atoms with E-state index in [4.69, 9.17) is 14.3 Å². The summed E-state index contributed by atoms with van der Waals surface area (Å²) in [5.74, 6) is -0.671. The van der Waals surface area contributed by atoms with Gasteiger partial charge >= 0.3 is 11.9 Å². The third kappa shape index (κ3) is 5.08. The average Bonchev–Trinajstić information content (AvgIpc) is 2.89. The summed E-state index contributed by atoms with van der Waals surface area (Å²) in [5.41, 5.74) is 0. The lowest BCUT2D eigenvalue weighted by atomic mass is 10.2. The van der Waals surface area contributed by atoms with Crippen molar-refractivity contribution in [2.24, 2.45) is 0 Å². The van der Waals surface area contributed by atoms with Gasteiger partial charge in [0.1, 0.15) is 6.10 Å². The highest BCUT2D eigenvalue weighted by Gasteiger charge is 2.42. The second-order valence-electron chi connectivity index (χ2n) is 6.79. The Morgan fingerprint density at radius 2 is 1.62 bits per heavy atom. The molecule has 0 bridgehead atoms. The standard InChI is InChI=1S/C10H20O3Si.C4H6O3/c1-10(2,3)14(4,5)13-8-6-7-12-9(8)11;5-3-1-2-7-4(3)6/h8H,6-7H2,1-5H3;3,5H,1-2H2/t8-;3-/m00/s1. The third-order valence-electron chi connectivity index (χ3n) is 4.04. The van der Waals surface area contributed by atoms with Gasteiger partial charge in [-0.1, -0.05) is 20.8 Å². The van der Waals surface area contributed by atoms with E-state index < -0.39 is 20.4 Å². The van der Waals surface area contributed by atoms with Crippen LogP contribution in [0.25, 0.3) is 0 Å². The molecule has 0 spiro atoms. The van der Waals surface area contributed by atoms with Gasteiger partial charge in [-0.05, 0) is 18.1 Å². The van der Waals surface area contributed by atoms with E-state index in [9.17, 15) is 9.59 Å². The van der Waals surface area contributed by atoms with Crippen molar-refractivity contribution in [1.82, 2.24) is 0 Å². The van der Waals surface area contributed by atoms with E-state index in [1.165, 1.54) is 0 Å². The van der Waals surface area contributed by atoms with Crippen molar-refractivity contribution in [2.45, 2.75) is 64.0 Å². The summed E-state index contributed by atoms with van der Waals surface area (Å²) in [5, 5.41) is 8.67. The minimum Gasteiger partial charge on any atom is -0.464 e. The van der Waals surface area contributed by atoms with Crippen LogP contribution < -0.4 is 0 Å². The van der Waals surface area contributed by atoms with Gasteiger partial charge in [-0.25, -0.2) is 9.59 Å². The van der Waals surface area contributed by atoms with Gasteiger partial charge in [0.15, 0.2) is 14.4 Å². The van der Waals surface area contributed by atoms with Crippen molar-refractivity contribution in [3.63, 3.8) is 0 Å². The molecule has 0 saturated carbocycles. The zero-order valence-electron chi connectivity index (χ0n) is 13.5. The van der Waals surface area contributed by atoms with Crippen LogP contribution in [0.2, 0.25) is 18.1 Å². The minimum atomic E-state index is -1.81. The Labute approximate surface area is 126 Å². The van der Waals surface area contributed by atoms with Gasteiger partial charge in [-0.2, -0.15) is 0 Å². The molecule has 0 aromatic rings. The molecule has 122 valence electrons. The first-order valence-electron chi connectivity index (χ1n) is 7.24. The first-order chi connectivity index (χ1) is 9.54. The second-order valence-corrected chi connectivity index (χ2v) is 11.6. The monoisotopic (exact) mass is 318 g/mol. The smallest absolute Gasteiger partial charge is 0.335 e. The number of aliphatic hydroxyl groups excluding tert-OH is 1. The molecule has 2 heterocycles. The molecule has 0 aromatic carbocycles. The lowest BCUT2D eigenvalue weighted by Gasteiger charge is -2.37. The first-order valence-corrected chi connectivity index (χ1v) is 10.1. The minimum absolute atomic E-state index is 0.149. The fourth-order valence-corrected chi connectivity index (χ4v) is 2.88. The van der Waals surface area contributed by atoms with Crippen molar-refractivity contribution in [3.8, 4) is 0 Å². The molecule has 2 fully saturated rings. The summed E-state index contributed by atoms with van der Waals surface area (Å²) in [6.07, 6.45) is 0.0142. The molecule has 21 heavy (non-hydrogen) atoms. The van der Waals surface area contributed by atoms with Crippen LogP contribution in [0.15, 0.2) is 0 Å². The van der Waals surface area contributed by atoms with Crippen LogP contribution in [0.4, 0.5) is 0 Å². The summed E-state index contributed by atoms with van der Waals surface area (Å²) in [6.45, 7) is 11.7. The van der Waals surface area contributed by atoms with Crippen LogP contribution in [0, 0.1) is 0 Å². The van der Waals surface area contributed by atoms with Gasteiger partial charge in [0.25, 0.3) is 0 Å². The van der Waals surface area contributed by atoms with Crippen molar-refractivity contribution in [3.05, 3.63) is 0 Å². The normalized spacial score (nSPS) is 26.0. The fraction of sp³-hybridized carbons (Fsp3) is 0.857. The van der Waals surface area contributed by atoms with Crippen molar-refractivity contribution in [2.75, 3.05) is 13.2 Å². The van der Waals surface area contributed by atoms with Gasteiger partial charge < -0.3 is 19.0 Å². The van der Waals surface area contributed by atoms with E-state index >= 15 is 0 Å². The first kappa shape index (κ1) is 18.1. The lowest BCUT2D eigenvalue weighted by molar-refractivity contribution is -0.145. The molecule has 0 aromatic heterocycles. The molecule has 0 unspecified atom stereocenters. The summed E-state index contributed by atoms with van der Waals surface area (Å²) < 4.78 is 15.2. The maximum absolute atomic E-state index is 11.3. The number of aliphatic hydroxyl groups is 1. The Balaban J connectivity index is 0.000000262. The number of carbonyl (C=O) groups excluding carboxylic acids is 2. The highest BCUT2D eigenvalue weighted by Crippen LogP contribution is 2.38. The van der Waals surface area contributed by atoms with Gasteiger partial charge in [-0.15, -0.1) is 0 Å². The SMILES string of the molecule is CC(C)(C)[Si](C)(C)O[C@H]1CCOC1=O.O=C1OCC[C@@H]1O. The lowest BCUT2D eigenvalue weighted by Crippen LogP contribution is -2.45. The summed E-state index contributed by atoms with van der Waals surface area (Å²) >= 11 is 0. The van der Waals surface area contributed by atoms with Crippen LogP contribution in [-0.4, -0.2) is 50.8 Å². The van der Waals surface area contributed by atoms with E-state index in [1.807, 2.05) is 0 Å². The Bertz CT molecular complexity index is 387. The predicted octanol–water partition coefficient (Wildman–Crippen LogP) is 1.62. The van der Waals surface area contributed by atoms with E-state index in [0.717, 1.165) is 0 Å². The van der Waals surface area contributed by atoms with Crippen LogP contribution in [-0.2, 0) is 23.5 Å². The number of ether oxygens (including phenoxy) is 2. The molecule has 0 aliphatic carbocycles. The molecular weight excluding hydrogens is 292 g/mol. The van der Waals surface area contributed by atoms with Gasteiger partial charge in [0, 0.05) is 12.8 Å². The largest absolute Gasteiger partial charge is 0.464 e. The molecule has 2 rings (SSSR count). The van der Waals surface area contributed by atoms with Crippen LogP contribution in [0.1, 0.15) is 33.6 Å². The topological polar surface area (TPSA) is 82.1 Å². The van der Waals surface area contributed by atoms with Crippen LogP contribution >= 0.6 is 0 Å². The van der Waals surface area contributed by atoms with Crippen molar-refractivity contribution in [1.29, 1.82) is 0 Å². The predicted molar refractivity (Wildman–Crippen MR) is 79.2 cm³/mol.